The number of likely N-dealkylation sites (tertiary alicyclic amines) is 1. The van der Waals surface area contributed by atoms with Crippen molar-refractivity contribution in [2.24, 2.45) is 11.8 Å². The minimum atomic E-state index is -0.381. The van der Waals surface area contributed by atoms with Crippen molar-refractivity contribution in [3.63, 3.8) is 0 Å². The summed E-state index contributed by atoms with van der Waals surface area (Å²) in [5.74, 6) is 0.778. The van der Waals surface area contributed by atoms with Crippen molar-refractivity contribution in [3.05, 3.63) is 0 Å². The van der Waals surface area contributed by atoms with E-state index in [1.54, 1.807) is 7.05 Å². The van der Waals surface area contributed by atoms with Crippen LogP contribution in [-0.4, -0.2) is 60.5 Å². The fraction of sp³-hybridized carbons (Fsp3) is 0.900. The van der Waals surface area contributed by atoms with E-state index in [4.69, 9.17) is 0 Å². The Balaban J connectivity index is 1.79. The van der Waals surface area contributed by atoms with E-state index in [0.29, 0.717) is 5.92 Å². The lowest BCUT2D eigenvalue weighted by Crippen LogP contribution is -2.58. The Morgan fingerprint density at radius 2 is 1.92 bits per heavy atom. The molecular formula is C20H36N4O2. The van der Waals surface area contributed by atoms with Gasteiger partial charge in [0, 0.05) is 18.6 Å². The predicted molar refractivity (Wildman–Crippen MR) is 103 cm³/mol. The minimum Gasteiger partial charge on any atom is -0.343 e. The van der Waals surface area contributed by atoms with E-state index in [9.17, 15) is 9.59 Å². The number of fused-ring (bicyclic) bond motifs is 1. The van der Waals surface area contributed by atoms with E-state index >= 15 is 0 Å². The monoisotopic (exact) mass is 364 g/mol. The van der Waals surface area contributed by atoms with Gasteiger partial charge < -0.3 is 20.9 Å². The van der Waals surface area contributed by atoms with Crippen LogP contribution < -0.4 is 16.0 Å². The molecule has 3 rings (SSSR count). The van der Waals surface area contributed by atoms with Gasteiger partial charge in [-0.05, 0) is 52.0 Å². The van der Waals surface area contributed by atoms with Gasteiger partial charge in [-0.1, -0.05) is 26.2 Å². The maximum absolute atomic E-state index is 13.6. The van der Waals surface area contributed by atoms with Gasteiger partial charge in [0.05, 0.1) is 12.1 Å². The quantitative estimate of drug-likeness (QED) is 0.687. The summed E-state index contributed by atoms with van der Waals surface area (Å²) in [5.41, 5.74) is 0.0223. The zero-order chi connectivity index (χ0) is 18.9. The molecule has 3 N–H and O–H groups in total. The number of nitrogens with zero attached hydrogens (tertiary/aromatic N) is 1. The highest BCUT2D eigenvalue weighted by molar-refractivity contribution is 5.90. The van der Waals surface area contributed by atoms with E-state index < -0.39 is 0 Å². The van der Waals surface area contributed by atoms with Gasteiger partial charge in [-0.25, -0.2) is 0 Å². The molecule has 3 aliphatic rings. The second-order valence-corrected chi connectivity index (χ2v) is 8.90. The van der Waals surface area contributed by atoms with E-state index in [1.165, 1.54) is 6.42 Å². The predicted octanol–water partition coefficient (Wildman–Crippen LogP) is 1.26. The van der Waals surface area contributed by atoms with Crippen LogP contribution in [0, 0.1) is 11.8 Å². The first-order valence-corrected chi connectivity index (χ1v) is 10.4. The molecule has 0 radical (unpaired) electrons. The molecule has 0 bridgehead atoms. The lowest BCUT2D eigenvalue weighted by molar-refractivity contribution is -0.140. The molecule has 6 nitrogen and oxygen atoms in total. The van der Waals surface area contributed by atoms with Crippen LogP contribution in [0.3, 0.4) is 0 Å². The van der Waals surface area contributed by atoms with Crippen LogP contribution >= 0.6 is 0 Å². The molecule has 1 aliphatic carbocycles. The lowest BCUT2D eigenvalue weighted by Gasteiger charge is -2.37. The molecule has 26 heavy (non-hydrogen) atoms. The smallest absolute Gasteiger partial charge is 0.245 e. The largest absolute Gasteiger partial charge is 0.343 e. The number of amides is 2. The van der Waals surface area contributed by atoms with Crippen LogP contribution in [0.15, 0.2) is 0 Å². The molecule has 2 amide bonds. The molecule has 0 aromatic carbocycles. The number of hydrogen-bond donors (Lipinski definition) is 3. The van der Waals surface area contributed by atoms with Crippen LogP contribution in [0.2, 0.25) is 0 Å². The summed E-state index contributed by atoms with van der Waals surface area (Å²) in [6.45, 7) is 8.06. The minimum absolute atomic E-state index is 0.0223. The Bertz CT molecular complexity index is 534. The van der Waals surface area contributed by atoms with E-state index in [1.807, 2.05) is 6.92 Å². The fourth-order valence-corrected chi connectivity index (χ4v) is 5.30. The van der Waals surface area contributed by atoms with Crippen molar-refractivity contribution >= 4 is 11.8 Å². The molecule has 0 aromatic rings. The Kier molecular flexibility index (Phi) is 5.92. The molecule has 5 atom stereocenters. The highest BCUT2D eigenvalue weighted by atomic mass is 16.2. The average molecular weight is 365 g/mol. The van der Waals surface area contributed by atoms with Gasteiger partial charge in [0.15, 0.2) is 0 Å². The molecule has 2 heterocycles. The number of hydrogen-bond acceptors (Lipinski definition) is 4. The van der Waals surface area contributed by atoms with Gasteiger partial charge in [0.1, 0.15) is 6.04 Å². The molecule has 0 spiro atoms. The number of carbonyl (C=O) groups excluding carboxylic acids is 2. The molecule has 2 saturated heterocycles. The molecule has 0 aromatic heterocycles. The zero-order valence-corrected chi connectivity index (χ0v) is 16.8. The van der Waals surface area contributed by atoms with Crippen LogP contribution in [0.25, 0.3) is 0 Å². The van der Waals surface area contributed by atoms with E-state index in [2.05, 4.69) is 34.7 Å². The third kappa shape index (κ3) is 3.63. The molecule has 6 heteroatoms. The Morgan fingerprint density at radius 1 is 1.23 bits per heavy atom. The van der Waals surface area contributed by atoms with Gasteiger partial charge in [-0.2, -0.15) is 0 Å². The number of rotatable bonds is 5. The highest BCUT2D eigenvalue weighted by Gasteiger charge is 2.53. The number of likely N-dealkylation sites (N-methyl/N-ethyl adjacent to an activating group) is 1. The summed E-state index contributed by atoms with van der Waals surface area (Å²) in [6.07, 6.45) is 6.62. The normalized spacial score (nSPS) is 34.4. The van der Waals surface area contributed by atoms with Gasteiger partial charge in [0.25, 0.3) is 0 Å². The van der Waals surface area contributed by atoms with Crippen molar-refractivity contribution < 1.29 is 9.59 Å². The van der Waals surface area contributed by atoms with Crippen molar-refractivity contribution in [2.45, 2.75) is 83.0 Å². The third-order valence-corrected chi connectivity index (χ3v) is 7.02. The van der Waals surface area contributed by atoms with Crippen LogP contribution in [0.5, 0.6) is 0 Å². The van der Waals surface area contributed by atoms with Crippen molar-refractivity contribution in [1.82, 2.24) is 20.9 Å². The summed E-state index contributed by atoms with van der Waals surface area (Å²) in [7, 11) is 1.78. The van der Waals surface area contributed by atoms with Gasteiger partial charge in [-0.15, -0.1) is 0 Å². The number of nitrogens with one attached hydrogen (secondary N) is 3. The van der Waals surface area contributed by atoms with Crippen molar-refractivity contribution in [2.75, 3.05) is 20.1 Å². The summed E-state index contributed by atoms with van der Waals surface area (Å²) >= 11 is 0. The first-order chi connectivity index (χ1) is 12.4. The van der Waals surface area contributed by atoms with Crippen molar-refractivity contribution in [3.8, 4) is 0 Å². The summed E-state index contributed by atoms with van der Waals surface area (Å²) in [6, 6.07) is -0.432. The first kappa shape index (κ1) is 19.6. The Morgan fingerprint density at radius 3 is 2.58 bits per heavy atom. The lowest BCUT2D eigenvalue weighted by atomic mass is 9.82. The summed E-state index contributed by atoms with van der Waals surface area (Å²) in [5, 5.41) is 9.72. The van der Waals surface area contributed by atoms with Gasteiger partial charge in [-0.3, -0.25) is 9.59 Å². The molecular weight excluding hydrogens is 328 g/mol. The third-order valence-electron chi connectivity index (χ3n) is 7.02. The number of carbonyl (C=O) groups is 2. The van der Waals surface area contributed by atoms with E-state index in [-0.39, 0.29) is 41.4 Å². The molecule has 2 aliphatic heterocycles. The SMILES string of the molecule is CNC(C)C(=O)NC(C(=O)N1CCC2(C)NCC(C)C12)C1CCCCC1. The van der Waals surface area contributed by atoms with Crippen LogP contribution in [-0.2, 0) is 9.59 Å². The van der Waals surface area contributed by atoms with Crippen LogP contribution in [0.4, 0.5) is 0 Å². The topological polar surface area (TPSA) is 73.5 Å². The average Bonchev–Trinajstić information content (AvgIpc) is 3.15. The molecule has 5 unspecified atom stereocenters. The van der Waals surface area contributed by atoms with Gasteiger partial charge in [0.2, 0.25) is 11.8 Å². The maximum atomic E-state index is 13.6. The maximum Gasteiger partial charge on any atom is 0.245 e. The molecule has 3 fully saturated rings. The van der Waals surface area contributed by atoms with Gasteiger partial charge >= 0.3 is 0 Å². The second-order valence-electron chi connectivity index (χ2n) is 8.90. The summed E-state index contributed by atoms with van der Waals surface area (Å²) in [4.78, 5) is 28.2. The standard InChI is InChI=1S/C20H36N4O2/c1-13-12-22-20(3)10-11-24(17(13)20)19(26)16(15-8-6-5-7-9-15)23-18(25)14(2)21-4/h13-17,21-22H,5-12H2,1-4H3,(H,23,25). The van der Waals surface area contributed by atoms with Crippen molar-refractivity contribution in [1.29, 1.82) is 0 Å². The zero-order valence-electron chi connectivity index (χ0n) is 16.8. The van der Waals surface area contributed by atoms with Crippen LogP contribution in [0.1, 0.15) is 59.3 Å². The molecule has 148 valence electrons. The second kappa shape index (κ2) is 7.85. The molecule has 1 saturated carbocycles. The summed E-state index contributed by atoms with van der Waals surface area (Å²) < 4.78 is 0. The fourth-order valence-electron chi connectivity index (χ4n) is 5.30. The Hall–Kier alpha value is -1.14. The van der Waals surface area contributed by atoms with E-state index in [0.717, 1.165) is 45.2 Å². The first-order valence-electron chi connectivity index (χ1n) is 10.4. The Labute approximate surface area is 157 Å². The highest BCUT2D eigenvalue weighted by Crippen LogP contribution is 2.39.